The van der Waals surface area contributed by atoms with Crippen molar-refractivity contribution < 1.29 is 0 Å². The lowest BCUT2D eigenvalue weighted by Gasteiger charge is -2.31. The molecule has 1 heterocycles. The molecule has 0 N–H and O–H groups in total. The summed E-state index contributed by atoms with van der Waals surface area (Å²) in [4.78, 5) is 1.27. The Morgan fingerprint density at radius 2 is 2.36 bits per heavy atom. The van der Waals surface area contributed by atoms with Crippen molar-refractivity contribution >= 4 is 28.7 Å². The molecule has 76 valence electrons. The molecule has 1 unspecified atom stereocenters. The van der Waals surface area contributed by atoms with Gasteiger partial charge in [0.2, 0.25) is 0 Å². The third-order valence-corrected chi connectivity index (χ3v) is 3.66. The molecule has 2 rings (SSSR count). The fourth-order valence-electron chi connectivity index (χ4n) is 2.00. The summed E-state index contributed by atoms with van der Waals surface area (Å²) in [5.74, 6) is 0. The van der Waals surface area contributed by atoms with E-state index in [2.05, 4.69) is 30.4 Å². The fraction of sp³-hybridized carbons (Fsp3) is 0.545. The second-order valence-corrected chi connectivity index (χ2v) is 6.02. The number of allylic oxidation sites excluding steroid dienone is 2. The first-order valence-electron chi connectivity index (χ1n) is 4.83. The number of aromatic nitrogens is 1. The molecule has 1 nitrogen and oxygen atoms in total. The normalized spacial score (nSPS) is 25.9. The summed E-state index contributed by atoms with van der Waals surface area (Å²) in [6.07, 6.45) is 6.21. The van der Waals surface area contributed by atoms with Gasteiger partial charge < -0.3 is 0 Å². The predicted molar refractivity (Wildman–Crippen MR) is 62.7 cm³/mol. The van der Waals surface area contributed by atoms with Crippen LogP contribution in [-0.2, 0) is 0 Å². The molecule has 0 saturated carbocycles. The van der Waals surface area contributed by atoms with Crippen molar-refractivity contribution in [3.63, 3.8) is 0 Å². The van der Waals surface area contributed by atoms with E-state index >= 15 is 0 Å². The summed E-state index contributed by atoms with van der Waals surface area (Å²) in [5.41, 5.74) is 1.68. The number of rotatable bonds is 1. The maximum Gasteiger partial charge on any atom is 0.0527 e. The molecule has 0 radical (unpaired) electrons. The first-order chi connectivity index (χ1) is 6.57. The van der Waals surface area contributed by atoms with Crippen LogP contribution in [0.2, 0.25) is 0 Å². The summed E-state index contributed by atoms with van der Waals surface area (Å²) < 4.78 is 4.13. The molecule has 3 heteroatoms. The number of hydrogen-bond donors (Lipinski definition) is 0. The average molecular weight is 228 g/mol. The lowest BCUT2D eigenvalue weighted by molar-refractivity contribution is 0.341. The maximum atomic E-state index is 6.22. The van der Waals surface area contributed by atoms with E-state index in [0.717, 1.165) is 12.8 Å². The second kappa shape index (κ2) is 3.67. The van der Waals surface area contributed by atoms with E-state index in [1.165, 1.54) is 10.5 Å². The number of hydrogen-bond acceptors (Lipinski definition) is 2. The Kier molecular flexibility index (Phi) is 2.67. The highest BCUT2D eigenvalue weighted by Gasteiger charge is 2.28. The van der Waals surface area contributed by atoms with Crippen molar-refractivity contribution in [1.29, 1.82) is 0 Å². The molecule has 14 heavy (non-hydrogen) atoms. The number of nitrogens with zero attached hydrogens (tertiary/aromatic N) is 1. The van der Waals surface area contributed by atoms with E-state index in [9.17, 15) is 0 Å². The van der Waals surface area contributed by atoms with Gasteiger partial charge in [0.25, 0.3) is 0 Å². The third kappa shape index (κ3) is 2.18. The van der Waals surface area contributed by atoms with E-state index < -0.39 is 0 Å². The van der Waals surface area contributed by atoms with Gasteiger partial charge in [-0.15, -0.1) is 11.6 Å². The van der Waals surface area contributed by atoms with Crippen molar-refractivity contribution in [3.8, 4) is 0 Å². The van der Waals surface area contributed by atoms with Gasteiger partial charge in [0.05, 0.1) is 10.3 Å². The average Bonchev–Trinajstić information content (AvgIpc) is 2.51. The molecule has 0 spiro atoms. The predicted octanol–water partition coefficient (Wildman–Crippen LogP) is 3.95. The van der Waals surface area contributed by atoms with Gasteiger partial charge in [-0.2, -0.15) is 0 Å². The van der Waals surface area contributed by atoms with Crippen LogP contribution in [0.1, 0.15) is 31.6 Å². The van der Waals surface area contributed by atoms with Crippen LogP contribution < -0.4 is 0 Å². The molecular formula is C11H14ClNS. The Hall–Kier alpha value is -0.340. The van der Waals surface area contributed by atoms with E-state index in [1.54, 1.807) is 11.5 Å². The molecule has 0 saturated heterocycles. The van der Waals surface area contributed by atoms with Crippen LogP contribution in [0, 0.1) is 5.41 Å². The molecule has 0 aliphatic heterocycles. The lowest BCUT2D eigenvalue weighted by Crippen LogP contribution is -2.21. The van der Waals surface area contributed by atoms with Crippen LogP contribution in [-0.4, -0.2) is 9.75 Å². The van der Waals surface area contributed by atoms with Gasteiger partial charge in [0, 0.05) is 6.20 Å². The monoisotopic (exact) mass is 227 g/mol. The zero-order valence-electron chi connectivity index (χ0n) is 8.46. The standard InChI is InChI=1S/C11H14ClNS/c1-11(2)6-8(5-9(12)7-11)10-3-4-13-14-10/h3-5,9H,6-7H2,1-2H3. The van der Waals surface area contributed by atoms with Gasteiger partial charge in [-0.1, -0.05) is 19.9 Å². The van der Waals surface area contributed by atoms with Gasteiger partial charge in [-0.25, -0.2) is 4.37 Å². The smallest absolute Gasteiger partial charge is 0.0527 e. The van der Waals surface area contributed by atoms with Gasteiger partial charge in [-0.3, -0.25) is 0 Å². The highest BCUT2D eigenvalue weighted by molar-refractivity contribution is 7.06. The third-order valence-electron chi connectivity index (χ3n) is 2.55. The van der Waals surface area contributed by atoms with Crippen molar-refractivity contribution in [1.82, 2.24) is 4.37 Å². The van der Waals surface area contributed by atoms with Crippen molar-refractivity contribution in [2.45, 2.75) is 32.1 Å². The summed E-state index contributed by atoms with van der Waals surface area (Å²) >= 11 is 7.78. The zero-order chi connectivity index (χ0) is 10.2. The molecule has 1 aromatic heterocycles. The summed E-state index contributed by atoms with van der Waals surface area (Å²) in [6.45, 7) is 4.55. The van der Waals surface area contributed by atoms with E-state index in [4.69, 9.17) is 11.6 Å². The minimum atomic E-state index is 0.177. The van der Waals surface area contributed by atoms with Crippen molar-refractivity contribution in [3.05, 3.63) is 23.2 Å². The molecule has 1 atom stereocenters. The van der Waals surface area contributed by atoms with Crippen LogP contribution in [0.15, 0.2) is 18.3 Å². The Balaban J connectivity index is 2.28. The highest BCUT2D eigenvalue weighted by atomic mass is 35.5. The fourth-order valence-corrected chi connectivity index (χ4v) is 3.19. The minimum Gasteiger partial charge on any atom is -0.201 e. The molecule has 0 fully saturated rings. The summed E-state index contributed by atoms with van der Waals surface area (Å²) in [6, 6.07) is 2.07. The maximum absolute atomic E-state index is 6.22. The first kappa shape index (κ1) is 10.2. The van der Waals surface area contributed by atoms with Gasteiger partial charge in [-0.05, 0) is 41.4 Å². The number of alkyl halides is 1. The Morgan fingerprint density at radius 1 is 1.57 bits per heavy atom. The molecule has 1 aliphatic carbocycles. The van der Waals surface area contributed by atoms with E-state index in [-0.39, 0.29) is 5.38 Å². The molecule has 0 aromatic carbocycles. The SMILES string of the molecule is CC1(C)CC(c2ccns2)=CC(Cl)C1. The Morgan fingerprint density at radius 3 is 2.93 bits per heavy atom. The molecule has 0 amide bonds. The minimum absolute atomic E-state index is 0.177. The molecule has 1 aromatic rings. The van der Waals surface area contributed by atoms with Crippen molar-refractivity contribution in [2.24, 2.45) is 5.41 Å². The molecular weight excluding hydrogens is 214 g/mol. The van der Waals surface area contributed by atoms with Gasteiger partial charge in [0.1, 0.15) is 0 Å². The van der Waals surface area contributed by atoms with Gasteiger partial charge in [0.15, 0.2) is 0 Å². The highest BCUT2D eigenvalue weighted by Crippen LogP contribution is 2.41. The van der Waals surface area contributed by atoms with E-state index in [1.807, 2.05) is 6.20 Å². The largest absolute Gasteiger partial charge is 0.201 e. The van der Waals surface area contributed by atoms with Crippen LogP contribution in [0.5, 0.6) is 0 Å². The molecule has 0 bridgehead atoms. The Labute approximate surface area is 94.0 Å². The summed E-state index contributed by atoms with van der Waals surface area (Å²) in [5, 5.41) is 0.177. The number of halogens is 1. The van der Waals surface area contributed by atoms with Crippen LogP contribution in [0.4, 0.5) is 0 Å². The zero-order valence-corrected chi connectivity index (χ0v) is 10.0. The second-order valence-electron chi connectivity index (χ2n) is 4.63. The van der Waals surface area contributed by atoms with E-state index in [0.29, 0.717) is 5.41 Å². The quantitative estimate of drug-likeness (QED) is 0.662. The summed E-state index contributed by atoms with van der Waals surface area (Å²) in [7, 11) is 0. The lowest BCUT2D eigenvalue weighted by atomic mass is 9.77. The van der Waals surface area contributed by atoms with Crippen molar-refractivity contribution in [2.75, 3.05) is 0 Å². The van der Waals surface area contributed by atoms with Crippen LogP contribution in [0.25, 0.3) is 5.57 Å². The Bertz CT molecular complexity index is 340. The van der Waals surface area contributed by atoms with Crippen LogP contribution >= 0.6 is 23.1 Å². The first-order valence-corrected chi connectivity index (χ1v) is 6.04. The van der Waals surface area contributed by atoms with Gasteiger partial charge >= 0.3 is 0 Å². The van der Waals surface area contributed by atoms with Crippen LogP contribution in [0.3, 0.4) is 0 Å². The molecule has 1 aliphatic rings. The topological polar surface area (TPSA) is 12.9 Å².